The van der Waals surface area contributed by atoms with Gasteiger partial charge in [-0.05, 0) is 30.7 Å². The number of nitrogens with one attached hydrogen (secondary N) is 2. The molecule has 0 aliphatic rings. The molecule has 0 fully saturated rings. The first-order chi connectivity index (χ1) is 9.36. The molecule has 0 amide bonds. The Morgan fingerprint density at radius 2 is 1.90 bits per heavy atom. The van der Waals surface area contributed by atoms with E-state index in [4.69, 9.17) is 11.6 Å². The van der Waals surface area contributed by atoms with Crippen LogP contribution in [0.3, 0.4) is 0 Å². The van der Waals surface area contributed by atoms with Gasteiger partial charge in [0.2, 0.25) is 0 Å². The maximum atomic E-state index is 12.5. The van der Waals surface area contributed by atoms with Crippen molar-refractivity contribution in [3.8, 4) is 0 Å². The summed E-state index contributed by atoms with van der Waals surface area (Å²) < 4.78 is 37.4. The van der Waals surface area contributed by atoms with Crippen LogP contribution in [0.5, 0.6) is 0 Å². The summed E-state index contributed by atoms with van der Waals surface area (Å²) in [6.45, 7) is 1.93. The molecule has 0 bridgehead atoms. The number of hydrazine groups is 1. The molecule has 2 aromatic rings. The maximum Gasteiger partial charge on any atom is 0.417 e. The summed E-state index contributed by atoms with van der Waals surface area (Å²) in [5.41, 5.74) is 6.41. The normalized spacial score (nSPS) is 11.2. The molecule has 0 aliphatic heterocycles. The van der Waals surface area contributed by atoms with Crippen LogP contribution in [-0.4, -0.2) is 4.98 Å². The molecule has 0 saturated heterocycles. The van der Waals surface area contributed by atoms with Gasteiger partial charge in [-0.25, -0.2) is 4.98 Å². The van der Waals surface area contributed by atoms with Crippen molar-refractivity contribution < 1.29 is 13.2 Å². The Balaban J connectivity index is 2.11. The lowest BCUT2D eigenvalue weighted by Crippen LogP contribution is -2.12. The Hall–Kier alpha value is -1.95. The van der Waals surface area contributed by atoms with Gasteiger partial charge in [-0.3, -0.25) is 10.9 Å². The SMILES string of the molecule is Cc1cccc(NNc2ncc(C(F)(F)F)cc2Cl)c1. The monoisotopic (exact) mass is 301 g/mol. The first-order valence-corrected chi connectivity index (χ1v) is 6.05. The summed E-state index contributed by atoms with van der Waals surface area (Å²) in [5.74, 6) is 0.126. The number of rotatable bonds is 3. The predicted octanol–water partition coefficient (Wildman–Crippen LogP) is 4.50. The minimum Gasteiger partial charge on any atom is -0.300 e. The second-order valence-electron chi connectivity index (χ2n) is 4.17. The minimum absolute atomic E-state index is 0.111. The smallest absolute Gasteiger partial charge is 0.300 e. The molecule has 1 aromatic heterocycles. The highest BCUT2D eigenvalue weighted by molar-refractivity contribution is 6.33. The number of aromatic nitrogens is 1. The van der Waals surface area contributed by atoms with E-state index in [1.165, 1.54) is 0 Å². The number of aryl methyl sites for hydroxylation is 1. The molecule has 1 aromatic carbocycles. The largest absolute Gasteiger partial charge is 0.417 e. The van der Waals surface area contributed by atoms with Gasteiger partial charge in [0.05, 0.1) is 16.3 Å². The van der Waals surface area contributed by atoms with Crippen LogP contribution >= 0.6 is 11.6 Å². The minimum atomic E-state index is -4.46. The van der Waals surface area contributed by atoms with E-state index >= 15 is 0 Å². The molecular formula is C13H11ClF3N3. The Kier molecular flexibility index (Phi) is 4.04. The van der Waals surface area contributed by atoms with Gasteiger partial charge in [0.15, 0.2) is 5.82 Å². The van der Waals surface area contributed by atoms with Gasteiger partial charge in [0.25, 0.3) is 0 Å². The van der Waals surface area contributed by atoms with Crippen LogP contribution in [0.2, 0.25) is 5.02 Å². The molecule has 0 atom stereocenters. The summed E-state index contributed by atoms with van der Waals surface area (Å²) in [5, 5.41) is -0.111. The van der Waals surface area contributed by atoms with Gasteiger partial charge >= 0.3 is 6.18 Å². The van der Waals surface area contributed by atoms with Gasteiger partial charge in [0, 0.05) is 6.20 Å². The van der Waals surface area contributed by atoms with Crippen molar-refractivity contribution in [2.24, 2.45) is 0 Å². The number of hydrogen-bond acceptors (Lipinski definition) is 3. The van der Waals surface area contributed by atoms with Crippen LogP contribution in [0, 0.1) is 6.92 Å². The van der Waals surface area contributed by atoms with Crippen LogP contribution in [0.25, 0.3) is 0 Å². The second kappa shape index (κ2) is 5.58. The Bertz CT molecular complexity index is 614. The van der Waals surface area contributed by atoms with Crippen LogP contribution in [0.4, 0.5) is 24.7 Å². The van der Waals surface area contributed by atoms with Gasteiger partial charge in [-0.15, -0.1) is 0 Å². The Morgan fingerprint density at radius 1 is 1.15 bits per heavy atom. The lowest BCUT2D eigenvalue weighted by atomic mass is 10.2. The van der Waals surface area contributed by atoms with E-state index in [0.717, 1.165) is 23.5 Å². The van der Waals surface area contributed by atoms with Gasteiger partial charge < -0.3 is 0 Å². The van der Waals surface area contributed by atoms with E-state index < -0.39 is 11.7 Å². The molecule has 2 N–H and O–H groups in total. The summed E-state index contributed by atoms with van der Waals surface area (Å²) in [4.78, 5) is 3.66. The molecule has 0 spiro atoms. The van der Waals surface area contributed by atoms with E-state index in [9.17, 15) is 13.2 Å². The van der Waals surface area contributed by atoms with E-state index in [-0.39, 0.29) is 10.8 Å². The van der Waals surface area contributed by atoms with Crippen molar-refractivity contribution in [1.29, 1.82) is 0 Å². The number of benzene rings is 1. The van der Waals surface area contributed by atoms with E-state index in [2.05, 4.69) is 15.8 Å². The molecule has 3 nitrogen and oxygen atoms in total. The van der Waals surface area contributed by atoms with Gasteiger partial charge in [0.1, 0.15) is 0 Å². The summed E-state index contributed by atoms with van der Waals surface area (Å²) in [7, 11) is 0. The fraction of sp³-hybridized carbons (Fsp3) is 0.154. The molecule has 7 heteroatoms. The van der Waals surface area contributed by atoms with Crippen LogP contribution < -0.4 is 10.9 Å². The van der Waals surface area contributed by atoms with E-state index in [1.807, 2.05) is 25.1 Å². The average molecular weight is 302 g/mol. The van der Waals surface area contributed by atoms with Gasteiger partial charge in [-0.1, -0.05) is 23.7 Å². The number of pyridine rings is 1. The number of halogens is 4. The first-order valence-electron chi connectivity index (χ1n) is 5.68. The van der Waals surface area contributed by atoms with Crippen LogP contribution in [0.15, 0.2) is 36.5 Å². The molecular weight excluding hydrogens is 291 g/mol. The molecule has 2 rings (SSSR count). The van der Waals surface area contributed by atoms with E-state index in [0.29, 0.717) is 0 Å². The first kappa shape index (κ1) is 14.5. The third-order valence-corrected chi connectivity index (χ3v) is 2.80. The number of alkyl halides is 3. The zero-order valence-electron chi connectivity index (χ0n) is 10.4. The topological polar surface area (TPSA) is 37.0 Å². The predicted molar refractivity (Wildman–Crippen MR) is 72.7 cm³/mol. The summed E-state index contributed by atoms with van der Waals surface area (Å²) >= 11 is 5.77. The zero-order chi connectivity index (χ0) is 14.8. The zero-order valence-corrected chi connectivity index (χ0v) is 11.2. The van der Waals surface area contributed by atoms with Crippen molar-refractivity contribution in [1.82, 2.24) is 4.98 Å². The fourth-order valence-corrected chi connectivity index (χ4v) is 1.75. The highest BCUT2D eigenvalue weighted by Gasteiger charge is 2.31. The van der Waals surface area contributed by atoms with Crippen molar-refractivity contribution in [2.45, 2.75) is 13.1 Å². The third kappa shape index (κ3) is 3.54. The molecule has 0 unspecified atom stereocenters. The lowest BCUT2D eigenvalue weighted by molar-refractivity contribution is -0.137. The fourth-order valence-electron chi connectivity index (χ4n) is 1.54. The van der Waals surface area contributed by atoms with Crippen molar-refractivity contribution in [3.63, 3.8) is 0 Å². The summed E-state index contributed by atoms with van der Waals surface area (Å²) in [6.07, 6.45) is -3.73. The lowest BCUT2D eigenvalue weighted by Gasteiger charge is -2.12. The molecule has 0 radical (unpaired) electrons. The van der Waals surface area contributed by atoms with E-state index in [1.54, 1.807) is 6.07 Å². The Labute approximate surface area is 118 Å². The standard InChI is InChI=1S/C13H11ClF3N3/c1-8-3-2-4-10(5-8)19-20-12-11(14)6-9(7-18-12)13(15,16)17/h2-7,19H,1H3,(H,18,20). The molecule has 0 saturated carbocycles. The second-order valence-corrected chi connectivity index (χ2v) is 4.58. The van der Waals surface area contributed by atoms with Crippen LogP contribution in [-0.2, 0) is 6.18 Å². The van der Waals surface area contributed by atoms with Crippen molar-refractivity contribution in [3.05, 3.63) is 52.7 Å². The van der Waals surface area contributed by atoms with Gasteiger partial charge in [-0.2, -0.15) is 13.2 Å². The summed E-state index contributed by atoms with van der Waals surface area (Å²) in [6, 6.07) is 8.27. The van der Waals surface area contributed by atoms with Crippen molar-refractivity contribution >= 4 is 23.1 Å². The molecule has 0 aliphatic carbocycles. The number of hydrogen-bond donors (Lipinski definition) is 2. The maximum absolute atomic E-state index is 12.5. The number of nitrogens with zero attached hydrogens (tertiary/aromatic N) is 1. The van der Waals surface area contributed by atoms with Crippen LogP contribution in [0.1, 0.15) is 11.1 Å². The third-order valence-electron chi connectivity index (χ3n) is 2.51. The molecule has 1 heterocycles. The molecule has 106 valence electrons. The Morgan fingerprint density at radius 3 is 2.50 bits per heavy atom. The molecule has 20 heavy (non-hydrogen) atoms. The highest BCUT2D eigenvalue weighted by Crippen LogP contribution is 2.32. The average Bonchev–Trinajstić information content (AvgIpc) is 2.36. The highest BCUT2D eigenvalue weighted by atomic mass is 35.5. The quantitative estimate of drug-likeness (QED) is 0.820. The number of anilines is 2. The van der Waals surface area contributed by atoms with Crippen molar-refractivity contribution in [2.75, 3.05) is 10.9 Å².